The van der Waals surface area contributed by atoms with E-state index in [1.54, 1.807) is 0 Å². The minimum absolute atomic E-state index is 0.539. The Bertz CT molecular complexity index is 1060. The predicted molar refractivity (Wildman–Crippen MR) is 111 cm³/mol. The number of para-hydroxylation sites is 2. The monoisotopic (exact) mass is 396 g/mol. The number of halogens is 2. The van der Waals surface area contributed by atoms with Crippen molar-refractivity contribution in [1.29, 1.82) is 0 Å². The van der Waals surface area contributed by atoms with Crippen molar-refractivity contribution in [2.75, 3.05) is 6.61 Å². The average Bonchev–Trinajstić information content (AvgIpc) is 3.03. The van der Waals surface area contributed by atoms with Crippen molar-refractivity contribution in [3.8, 4) is 5.75 Å². The Hall–Kier alpha value is -2.49. The van der Waals surface area contributed by atoms with Gasteiger partial charge < -0.3 is 9.30 Å². The van der Waals surface area contributed by atoms with Crippen LogP contribution in [0.25, 0.3) is 11.0 Å². The maximum Gasteiger partial charge on any atom is 0.119 e. The molecule has 0 atom stereocenters. The Morgan fingerprint density at radius 3 is 2.41 bits per heavy atom. The standard InChI is InChI=1S/C22H18Cl2N2O/c23-17-9-11-18(12-10-17)27-14-13-26-21-8-4-3-7-20(21)25-22(26)15-16-5-1-2-6-19(16)24/h1-12H,13-15H2. The van der Waals surface area contributed by atoms with Gasteiger partial charge in [0.2, 0.25) is 0 Å². The third kappa shape index (κ3) is 4.10. The lowest BCUT2D eigenvalue weighted by molar-refractivity contribution is 0.298. The molecule has 4 rings (SSSR count). The van der Waals surface area contributed by atoms with E-state index in [0.29, 0.717) is 24.6 Å². The molecule has 5 heteroatoms. The Balaban J connectivity index is 1.58. The van der Waals surface area contributed by atoms with Crippen LogP contribution in [0, 0.1) is 0 Å². The van der Waals surface area contributed by atoms with Gasteiger partial charge in [-0.3, -0.25) is 0 Å². The molecule has 0 bridgehead atoms. The highest BCUT2D eigenvalue weighted by atomic mass is 35.5. The summed E-state index contributed by atoms with van der Waals surface area (Å²) in [7, 11) is 0. The molecular formula is C22H18Cl2N2O. The molecule has 0 saturated carbocycles. The van der Waals surface area contributed by atoms with Gasteiger partial charge in [-0.25, -0.2) is 4.98 Å². The van der Waals surface area contributed by atoms with Crippen LogP contribution in [0.15, 0.2) is 72.8 Å². The van der Waals surface area contributed by atoms with Crippen molar-refractivity contribution in [1.82, 2.24) is 9.55 Å². The van der Waals surface area contributed by atoms with Gasteiger partial charge in [0.15, 0.2) is 0 Å². The van der Waals surface area contributed by atoms with Crippen molar-refractivity contribution >= 4 is 34.2 Å². The second kappa shape index (κ2) is 8.03. The molecule has 0 aliphatic rings. The number of rotatable bonds is 6. The van der Waals surface area contributed by atoms with E-state index in [1.165, 1.54) is 0 Å². The molecule has 0 aliphatic heterocycles. The fourth-order valence-corrected chi connectivity index (χ4v) is 3.44. The number of hydrogen-bond donors (Lipinski definition) is 0. The SMILES string of the molecule is Clc1ccc(OCCn2c(Cc3ccccc3Cl)nc3ccccc32)cc1. The molecule has 27 heavy (non-hydrogen) atoms. The van der Waals surface area contributed by atoms with Gasteiger partial charge in [0.25, 0.3) is 0 Å². The summed E-state index contributed by atoms with van der Waals surface area (Å²) < 4.78 is 8.08. The van der Waals surface area contributed by atoms with Crippen molar-refractivity contribution in [3.05, 3.63) is 94.2 Å². The van der Waals surface area contributed by atoms with Crippen LogP contribution in [0.2, 0.25) is 10.0 Å². The van der Waals surface area contributed by atoms with Crippen LogP contribution < -0.4 is 4.74 Å². The molecule has 1 aromatic heterocycles. The number of nitrogens with zero attached hydrogens (tertiary/aromatic N) is 2. The third-order valence-corrected chi connectivity index (χ3v) is 5.06. The summed E-state index contributed by atoms with van der Waals surface area (Å²) in [6, 6.07) is 23.4. The number of fused-ring (bicyclic) bond motifs is 1. The molecule has 0 radical (unpaired) electrons. The van der Waals surface area contributed by atoms with Gasteiger partial charge in [-0.1, -0.05) is 53.5 Å². The molecule has 0 spiro atoms. The summed E-state index contributed by atoms with van der Waals surface area (Å²) in [4.78, 5) is 4.82. The van der Waals surface area contributed by atoms with Gasteiger partial charge in [-0.05, 0) is 48.0 Å². The quantitative estimate of drug-likeness (QED) is 0.398. The second-order valence-electron chi connectivity index (χ2n) is 6.24. The van der Waals surface area contributed by atoms with Crippen LogP contribution in [0.5, 0.6) is 5.75 Å². The summed E-state index contributed by atoms with van der Waals surface area (Å²) >= 11 is 12.3. The zero-order valence-electron chi connectivity index (χ0n) is 14.6. The maximum atomic E-state index is 6.35. The number of imidazole rings is 1. The minimum Gasteiger partial charge on any atom is -0.492 e. The van der Waals surface area contributed by atoms with Crippen LogP contribution in [0.1, 0.15) is 11.4 Å². The van der Waals surface area contributed by atoms with Crippen molar-refractivity contribution in [3.63, 3.8) is 0 Å². The molecule has 3 aromatic carbocycles. The van der Waals surface area contributed by atoms with E-state index in [4.69, 9.17) is 32.9 Å². The van der Waals surface area contributed by atoms with Crippen molar-refractivity contribution < 1.29 is 4.74 Å². The van der Waals surface area contributed by atoms with Crippen LogP contribution in [-0.4, -0.2) is 16.2 Å². The fourth-order valence-electron chi connectivity index (χ4n) is 3.11. The van der Waals surface area contributed by atoms with E-state index in [-0.39, 0.29) is 0 Å². The largest absolute Gasteiger partial charge is 0.492 e. The summed E-state index contributed by atoms with van der Waals surface area (Å²) in [5.41, 5.74) is 3.14. The van der Waals surface area contributed by atoms with Gasteiger partial charge in [0.1, 0.15) is 18.2 Å². The highest BCUT2D eigenvalue weighted by Gasteiger charge is 2.12. The molecule has 4 aromatic rings. The first-order valence-corrected chi connectivity index (χ1v) is 9.52. The lowest BCUT2D eigenvalue weighted by atomic mass is 10.1. The number of ether oxygens (including phenoxy) is 1. The van der Waals surface area contributed by atoms with E-state index in [0.717, 1.165) is 33.2 Å². The third-order valence-electron chi connectivity index (χ3n) is 4.44. The van der Waals surface area contributed by atoms with E-state index >= 15 is 0 Å². The molecule has 136 valence electrons. The molecule has 0 fully saturated rings. The predicted octanol–water partition coefficient (Wildman–Crippen LogP) is 6.01. The molecule has 1 heterocycles. The summed E-state index contributed by atoms with van der Waals surface area (Å²) in [5.74, 6) is 1.78. The summed E-state index contributed by atoms with van der Waals surface area (Å²) in [5, 5.41) is 1.46. The molecule has 0 saturated heterocycles. The molecule has 3 nitrogen and oxygen atoms in total. The number of aromatic nitrogens is 2. The first-order chi connectivity index (χ1) is 13.2. The van der Waals surface area contributed by atoms with Crippen molar-refractivity contribution in [2.24, 2.45) is 0 Å². The van der Waals surface area contributed by atoms with Gasteiger partial charge in [0, 0.05) is 16.5 Å². The molecule has 0 aliphatic carbocycles. The Morgan fingerprint density at radius 2 is 1.59 bits per heavy atom. The molecule has 0 unspecified atom stereocenters. The zero-order chi connectivity index (χ0) is 18.6. The Morgan fingerprint density at radius 1 is 0.852 bits per heavy atom. The van der Waals surface area contributed by atoms with Crippen molar-refractivity contribution in [2.45, 2.75) is 13.0 Å². The van der Waals surface area contributed by atoms with E-state index in [1.807, 2.05) is 66.7 Å². The first-order valence-electron chi connectivity index (χ1n) is 8.76. The normalized spacial score (nSPS) is 11.0. The van der Waals surface area contributed by atoms with E-state index in [9.17, 15) is 0 Å². The van der Waals surface area contributed by atoms with E-state index < -0.39 is 0 Å². The first kappa shape index (κ1) is 17.9. The maximum absolute atomic E-state index is 6.35. The number of hydrogen-bond acceptors (Lipinski definition) is 2. The van der Waals surface area contributed by atoms with Gasteiger partial charge in [-0.2, -0.15) is 0 Å². The smallest absolute Gasteiger partial charge is 0.119 e. The molecule has 0 N–H and O–H groups in total. The average molecular weight is 397 g/mol. The van der Waals surface area contributed by atoms with Crippen LogP contribution in [0.4, 0.5) is 0 Å². The summed E-state index contributed by atoms with van der Waals surface area (Å²) in [6.45, 7) is 1.24. The molecular weight excluding hydrogens is 379 g/mol. The lowest BCUT2D eigenvalue weighted by Crippen LogP contribution is -2.11. The lowest BCUT2D eigenvalue weighted by Gasteiger charge is -2.11. The number of benzene rings is 3. The highest BCUT2D eigenvalue weighted by Crippen LogP contribution is 2.23. The molecule has 0 amide bonds. The van der Waals surface area contributed by atoms with Gasteiger partial charge in [0.05, 0.1) is 17.6 Å². The highest BCUT2D eigenvalue weighted by molar-refractivity contribution is 6.31. The van der Waals surface area contributed by atoms with Gasteiger partial charge in [-0.15, -0.1) is 0 Å². The Kier molecular flexibility index (Phi) is 5.33. The van der Waals surface area contributed by atoms with Crippen LogP contribution >= 0.6 is 23.2 Å². The summed E-state index contributed by atoms with van der Waals surface area (Å²) in [6.07, 6.45) is 0.676. The van der Waals surface area contributed by atoms with Crippen LogP contribution in [0.3, 0.4) is 0 Å². The minimum atomic E-state index is 0.539. The van der Waals surface area contributed by atoms with Gasteiger partial charge >= 0.3 is 0 Å². The zero-order valence-corrected chi connectivity index (χ0v) is 16.1. The van der Waals surface area contributed by atoms with Crippen LogP contribution in [-0.2, 0) is 13.0 Å². The fraction of sp³-hybridized carbons (Fsp3) is 0.136. The topological polar surface area (TPSA) is 27.1 Å². The Labute approximate surface area is 168 Å². The second-order valence-corrected chi connectivity index (χ2v) is 7.08. The van der Waals surface area contributed by atoms with E-state index in [2.05, 4.69) is 10.6 Å².